The number of benzene rings is 4. The quantitative estimate of drug-likeness (QED) is 0.155. The SMILES string of the molecule is CCOc1cc(/C=c2\sc3n(c2=O)[C@H](c2ccc(OC)c(OC)c2)C(C(=O)Nc2ccccc2)=C(C)N=3)cc(Cl)c1OCc1ccc(Cl)cc1. The standard InChI is InChI=1S/C38H33Cl2N3O6S/c1-5-48-31-18-24(17-28(40)35(31)49-21-23-11-14-26(39)15-12-23)19-32-37(45)43-34(25-13-16-29(46-3)30(20-25)47-4)33(22(2)41-38(43)50-32)36(44)42-27-9-7-6-8-10-27/h6-20,34H,5,21H2,1-4H3,(H,42,44)/b32-19-/t34-/m1/s1. The molecule has 50 heavy (non-hydrogen) atoms. The molecular weight excluding hydrogens is 697 g/mol. The zero-order chi connectivity index (χ0) is 35.4. The summed E-state index contributed by atoms with van der Waals surface area (Å²) in [5.74, 6) is 1.42. The number of aromatic nitrogens is 1. The summed E-state index contributed by atoms with van der Waals surface area (Å²) in [6.45, 7) is 4.26. The molecular formula is C38H33Cl2N3O6S. The van der Waals surface area contributed by atoms with E-state index in [1.807, 2.05) is 43.3 Å². The van der Waals surface area contributed by atoms with Crippen molar-refractivity contribution in [3.63, 3.8) is 0 Å². The summed E-state index contributed by atoms with van der Waals surface area (Å²) in [5, 5.41) is 3.92. The molecule has 0 spiro atoms. The van der Waals surface area contributed by atoms with Crippen LogP contribution in [0.3, 0.4) is 0 Å². The zero-order valence-electron chi connectivity index (χ0n) is 27.7. The number of allylic oxidation sites excluding steroid dienone is 1. The van der Waals surface area contributed by atoms with Crippen LogP contribution in [0.25, 0.3) is 6.08 Å². The zero-order valence-corrected chi connectivity index (χ0v) is 30.0. The van der Waals surface area contributed by atoms with Gasteiger partial charge in [0.05, 0.1) is 47.7 Å². The molecule has 1 amide bonds. The Morgan fingerprint density at radius 2 is 1.68 bits per heavy atom. The molecule has 0 fully saturated rings. The summed E-state index contributed by atoms with van der Waals surface area (Å²) in [7, 11) is 3.08. The molecule has 1 aliphatic rings. The highest BCUT2D eigenvalue weighted by molar-refractivity contribution is 7.07. The van der Waals surface area contributed by atoms with Crippen molar-refractivity contribution < 1.29 is 23.7 Å². The molecule has 2 heterocycles. The lowest BCUT2D eigenvalue weighted by Gasteiger charge is -2.26. The van der Waals surface area contributed by atoms with E-state index in [0.29, 0.717) is 77.1 Å². The Morgan fingerprint density at radius 3 is 2.38 bits per heavy atom. The number of halogens is 2. The third-order valence-corrected chi connectivity index (χ3v) is 9.46. The molecule has 4 aromatic carbocycles. The number of nitrogens with zero attached hydrogens (tertiary/aromatic N) is 2. The van der Waals surface area contributed by atoms with Crippen molar-refractivity contribution >= 4 is 52.2 Å². The van der Waals surface area contributed by atoms with Gasteiger partial charge in [-0.2, -0.15) is 0 Å². The fraction of sp³-hybridized carbons (Fsp3) is 0.184. The molecule has 0 saturated carbocycles. The Hall–Kier alpha value is -5.03. The summed E-state index contributed by atoms with van der Waals surface area (Å²) in [4.78, 5) is 33.5. The number of carbonyl (C=O) groups excluding carboxylic acids is 1. The summed E-state index contributed by atoms with van der Waals surface area (Å²) < 4.78 is 25.0. The molecule has 1 aliphatic heterocycles. The number of rotatable bonds is 11. The lowest BCUT2D eigenvalue weighted by molar-refractivity contribution is -0.113. The van der Waals surface area contributed by atoms with E-state index in [2.05, 4.69) is 5.32 Å². The third kappa shape index (κ3) is 7.28. The molecule has 256 valence electrons. The Balaban J connectivity index is 1.44. The van der Waals surface area contributed by atoms with Crippen molar-refractivity contribution in [2.75, 3.05) is 26.1 Å². The molecule has 6 rings (SSSR count). The molecule has 1 atom stereocenters. The number of hydrogen-bond acceptors (Lipinski definition) is 8. The van der Waals surface area contributed by atoms with Gasteiger partial charge in [-0.25, -0.2) is 4.99 Å². The Kier molecular flexibility index (Phi) is 10.6. The Bertz CT molecular complexity index is 2270. The molecule has 9 nitrogen and oxygen atoms in total. The van der Waals surface area contributed by atoms with Crippen LogP contribution in [0.15, 0.2) is 106 Å². The van der Waals surface area contributed by atoms with Crippen LogP contribution in [-0.4, -0.2) is 31.3 Å². The normalized spacial score (nSPS) is 14.1. The molecule has 0 unspecified atom stereocenters. The lowest BCUT2D eigenvalue weighted by Crippen LogP contribution is -2.40. The Morgan fingerprint density at radius 1 is 0.940 bits per heavy atom. The van der Waals surface area contributed by atoms with Crippen LogP contribution in [0.2, 0.25) is 10.0 Å². The number of hydrogen-bond donors (Lipinski definition) is 1. The monoisotopic (exact) mass is 729 g/mol. The molecule has 5 aromatic rings. The average Bonchev–Trinajstić information content (AvgIpc) is 3.41. The van der Waals surface area contributed by atoms with Crippen LogP contribution < -0.4 is 39.2 Å². The largest absolute Gasteiger partial charge is 0.493 e. The second kappa shape index (κ2) is 15.2. The molecule has 12 heteroatoms. The first-order valence-electron chi connectivity index (χ1n) is 15.6. The van der Waals surface area contributed by atoms with Crippen molar-refractivity contribution in [3.8, 4) is 23.0 Å². The predicted octanol–water partition coefficient (Wildman–Crippen LogP) is 7.18. The van der Waals surface area contributed by atoms with Gasteiger partial charge in [-0.3, -0.25) is 14.2 Å². The van der Waals surface area contributed by atoms with Crippen molar-refractivity contribution in [1.82, 2.24) is 4.57 Å². The first-order chi connectivity index (χ1) is 24.2. The average molecular weight is 731 g/mol. The maximum Gasteiger partial charge on any atom is 0.271 e. The number of nitrogens with one attached hydrogen (secondary N) is 1. The third-order valence-electron chi connectivity index (χ3n) is 7.95. The molecule has 0 saturated heterocycles. The van der Waals surface area contributed by atoms with E-state index in [4.69, 9.17) is 47.1 Å². The highest BCUT2D eigenvalue weighted by atomic mass is 35.5. The van der Waals surface area contributed by atoms with Gasteiger partial charge in [0.1, 0.15) is 6.61 Å². The summed E-state index contributed by atoms with van der Waals surface area (Å²) >= 11 is 14.0. The van der Waals surface area contributed by atoms with Gasteiger partial charge in [0.25, 0.3) is 11.5 Å². The number of para-hydroxylation sites is 1. The van der Waals surface area contributed by atoms with Crippen molar-refractivity contribution in [1.29, 1.82) is 0 Å². The number of fused-ring (bicyclic) bond motifs is 1. The second-order valence-corrected chi connectivity index (χ2v) is 13.0. The van der Waals surface area contributed by atoms with Crippen molar-refractivity contribution in [2.24, 2.45) is 4.99 Å². The lowest BCUT2D eigenvalue weighted by atomic mass is 9.94. The van der Waals surface area contributed by atoms with Gasteiger partial charge in [-0.05, 0) is 85.1 Å². The van der Waals surface area contributed by atoms with Gasteiger partial charge in [0, 0.05) is 10.7 Å². The van der Waals surface area contributed by atoms with E-state index in [1.165, 1.54) is 18.4 Å². The fourth-order valence-corrected chi connectivity index (χ4v) is 7.08. The second-order valence-electron chi connectivity index (χ2n) is 11.2. The van der Waals surface area contributed by atoms with E-state index in [1.54, 1.807) is 73.2 Å². The summed E-state index contributed by atoms with van der Waals surface area (Å²) in [5.41, 5.74) is 3.27. The molecule has 0 aliphatic carbocycles. The number of carbonyl (C=O) groups is 1. The van der Waals surface area contributed by atoms with E-state index in [-0.39, 0.29) is 18.1 Å². The minimum Gasteiger partial charge on any atom is -0.493 e. The van der Waals surface area contributed by atoms with E-state index in [9.17, 15) is 9.59 Å². The van der Waals surface area contributed by atoms with Gasteiger partial charge in [-0.15, -0.1) is 0 Å². The molecule has 1 N–H and O–H groups in total. The van der Waals surface area contributed by atoms with E-state index < -0.39 is 6.04 Å². The molecule has 1 aromatic heterocycles. The topological polar surface area (TPSA) is 100 Å². The summed E-state index contributed by atoms with van der Waals surface area (Å²) in [6.07, 6.45) is 1.73. The van der Waals surface area contributed by atoms with Crippen molar-refractivity contribution in [2.45, 2.75) is 26.5 Å². The van der Waals surface area contributed by atoms with Gasteiger partial charge >= 0.3 is 0 Å². The first-order valence-corrected chi connectivity index (χ1v) is 17.2. The predicted molar refractivity (Wildman–Crippen MR) is 197 cm³/mol. The van der Waals surface area contributed by atoms with Crippen LogP contribution in [-0.2, 0) is 11.4 Å². The highest BCUT2D eigenvalue weighted by Crippen LogP contribution is 2.38. The van der Waals surface area contributed by atoms with Gasteiger partial charge in [-0.1, -0.05) is 70.9 Å². The number of ether oxygens (including phenoxy) is 4. The minimum atomic E-state index is -0.817. The number of amides is 1. The molecule has 0 bridgehead atoms. The first kappa shape index (κ1) is 34.8. The van der Waals surface area contributed by atoms with Crippen LogP contribution in [0.1, 0.15) is 36.6 Å². The number of thiazole rings is 1. The maximum atomic E-state index is 14.3. The van der Waals surface area contributed by atoms with Gasteiger partial charge in [0.2, 0.25) is 0 Å². The smallest absolute Gasteiger partial charge is 0.271 e. The fourth-order valence-electron chi connectivity index (χ4n) is 5.63. The van der Waals surface area contributed by atoms with E-state index >= 15 is 0 Å². The van der Waals surface area contributed by atoms with Crippen LogP contribution in [0.4, 0.5) is 5.69 Å². The van der Waals surface area contributed by atoms with Crippen LogP contribution >= 0.6 is 34.5 Å². The van der Waals surface area contributed by atoms with Gasteiger partial charge in [0.15, 0.2) is 27.8 Å². The number of methoxy groups -OCH3 is 2. The van der Waals surface area contributed by atoms with Crippen LogP contribution in [0, 0.1) is 0 Å². The van der Waals surface area contributed by atoms with Crippen LogP contribution in [0.5, 0.6) is 23.0 Å². The van der Waals surface area contributed by atoms with Gasteiger partial charge < -0.3 is 24.3 Å². The number of anilines is 1. The Labute approximate surface area is 302 Å². The highest BCUT2D eigenvalue weighted by Gasteiger charge is 2.33. The maximum absolute atomic E-state index is 14.3. The summed E-state index contributed by atoms with van der Waals surface area (Å²) in [6, 6.07) is 24.5. The van der Waals surface area contributed by atoms with E-state index in [0.717, 1.165) is 5.56 Å². The van der Waals surface area contributed by atoms with Crippen molar-refractivity contribution in [3.05, 3.63) is 143 Å². The minimum absolute atomic E-state index is 0.255. The molecule has 0 radical (unpaired) electrons.